The van der Waals surface area contributed by atoms with Crippen molar-refractivity contribution < 1.29 is 24.2 Å². The predicted molar refractivity (Wildman–Crippen MR) is 146 cm³/mol. The van der Waals surface area contributed by atoms with Gasteiger partial charge < -0.3 is 25.4 Å². The van der Waals surface area contributed by atoms with Crippen molar-refractivity contribution in [3.05, 3.63) is 89.0 Å². The Balaban J connectivity index is 1.38. The summed E-state index contributed by atoms with van der Waals surface area (Å²) >= 11 is 0. The maximum atomic E-state index is 13.3. The van der Waals surface area contributed by atoms with Gasteiger partial charge in [0.1, 0.15) is 5.75 Å². The number of methoxy groups -OCH3 is 1. The third-order valence-electron chi connectivity index (χ3n) is 6.57. The third kappa shape index (κ3) is 7.35. The SMILES string of the molecule is COc1cc(CC(=O)N(Cc2ccc(CCC(=O)O)cc2)C2CC2)ccc1NC(=O)Nc1ccccc1C. The van der Waals surface area contributed by atoms with Crippen LogP contribution in [-0.2, 0) is 29.0 Å². The highest BCUT2D eigenvalue weighted by Gasteiger charge is 2.32. The smallest absolute Gasteiger partial charge is 0.323 e. The quantitative estimate of drug-likeness (QED) is 0.317. The zero-order chi connectivity index (χ0) is 27.1. The number of aliphatic carboxylic acids is 1. The molecule has 8 heteroatoms. The third-order valence-corrected chi connectivity index (χ3v) is 6.57. The zero-order valence-electron chi connectivity index (χ0n) is 21.7. The molecule has 38 heavy (non-hydrogen) atoms. The van der Waals surface area contributed by atoms with Crippen LogP contribution >= 0.6 is 0 Å². The Morgan fingerprint density at radius 1 is 0.921 bits per heavy atom. The van der Waals surface area contributed by atoms with Gasteiger partial charge in [-0.1, -0.05) is 48.5 Å². The summed E-state index contributed by atoms with van der Waals surface area (Å²) in [7, 11) is 1.53. The van der Waals surface area contributed by atoms with Crippen LogP contribution in [0.25, 0.3) is 0 Å². The first-order chi connectivity index (χ1) is 18.3. The molecule has 3 N–H and O–H groups in total. The maximum Gasteiger partial charge on any atom is 0.323 e. The highest BCUT2D eigenvalue weighted by Crippen LogP contribution is 2.31. The fraction of sp³-hybridized carbons (Fsp3) is 0.300. The molecule has 3 aromatic carbocycles. The van der Waals surface area contributed by atoms with E-state index in [2.05, 4.69) is 10.6 Å². The summed E-state index contributed by atoms with van der Waals surface area (Å²) in [5.74, 6) is -0.307. The number of carboxylic acid groups (broad SMARTS) is 1. The molecule has 8 nitrogen and oxygen atoms in total. The number of rotatable bonds is 11. The van der Waals surface area contributed by atoms with Crippen LogP contribution in [0.1, 0.15) is 41.5 Å². The Morgan fingerprint density at radius 3 is 2.24 bits per heavy atom. The second-order valence-corrected chi connectivity index (χ2v) is 9.57. The zero-order valence-corrected chi connectivity index (χ0v) is 21.7. The van der Waals surface area contributed by atoms with Crippen LogP contribution in [0.15, 0.2) is 66.7 Å². The van der Waals surface area contributed by atoms with Gasteiger partial charge in [0.25, 0.3) is 0 Å². The number of amides is 3. The lowest BCUT2D eigenvalue weighted by Gasteiger charge is -2.23. The Labute approximate surface area is 222 Å². The van der Waals surface area contributed by atoms with Crippen molar-refractivity contribution >= 4 is 29.3 Å². The van der Waals surface area contributed by atoms with E-state index in [1.165, 1.54) is 7.11 Å². The molecule has 0 spiro atoms. The van der Waals surface area contributed by atoms with Crippen molar-refractivity contribution in [1.82, 2.24) is 4.90 Å². The first-order valence-corrected chi connectivity index (χ1v) is 12.7. The molecular weight excluding hydrogens is 482 g/mol. The minimum absolute atomic E-state index is 0.0301. The summed E-state index contributed by atoms with van der Waals surface area (Å²) in [5, 5.41) is 14.5. The number of carboxylic acids is 1. The van der Waals surface area contributed by atoms with Gasteiger partial charge in [-0.15, -0.1) is 0 Å². The van der Waals surface area contributed by atoms with Crippen molar-refractivity contribution in [3.63, 3.8) is 0 Å². The molecule has 3 amide bonds. The topological polar surface area (TPSA) is 108 Å². The number of carbonyl (C=O) groups is 3. The molecule has 3 aromatic rings. The van der Waals surface area contributed by atoms with Crippen LogP contribution < -0.4 is 15.4 Å². The second kappa shape index (κ2) is 12.3. The predicted octanol–water partition coefficient (Wildman–Crippen LogP) is 5.40. The van der Waals surface area contributed by atoms with Crippen LogP contribution in [0.5, 0.6) is 5.75 Å². The average Bonchev–Trinajstić information content (AvgIpc) is 3.74. The molecule has 0 bridgehead atoms. The van der Waals surface area contributed by atoms with E-state index in [4.69, 9.17) is 9.84 Å². The number of urea groups is 1. The summed E-state index contributed by atoms with van der Waals surface area (Å²) in [4.78, 5) is 38.5. The summed E-state index contributed by atoms with van der Waals surface area (Å²) in [5.41, 5.74) is 4.97. The molecule has 1 saturated carbocycles. The number of nitrogens with zero attached hydrogens (tertiary/aromatic N) is 1. The number of benzene rings is 3. The van der Waals surface area contributed by atoms with E-state index >= 15 is 0 Å². The number of aryl methyl sites for hydroxylation is 2. The number of ether oxygens (including phenoxy) is 1. The molecule has 0 unspecified atom stereocenters. The van der Waals surface area contributed by atoms with Crippen molar-refractivity contribution in [2.45, 2.75) is 51.6 Å². The fourth-order valence-electron chi connectivity index (χ4n) is 4.28. The van der Waals surface area contributed by atoms with Gasteiger partial charge in [-0.05, 0) is 66.6 Å². The van der Waals surface area contributed by atoms with Crippen molar-refractivity contribution in [2.75, 3.05) is 17.7 Å². The molecule has 0 aromatic heterocycles. The van der Waals surface area contributed by atoms with E-state index in [9.17, 15) is 14.4 Å². The lowest BCUT2D eigenvalue weighted by Crippen LogP contribution is -2.33. The summed E-state index contributed by atoms with van der Waals surface area (Å²) in [6.07, 6.45) is 2.79. The van der Waals surface area contributed by atoms with E-state index in [-0.39, 0.29) is 30.8 Å². The van der Waals surface area contributed by atoms with Crippen LogP contribution in [0.4, 0.5) is 16.2 Å². The van der Waals surface area contributed by atoms with E-state index in [0.29, 0.717) is 24.4 Å². The molecule has 0 atom stereocenters. The van der Waals surface area contributed by atoms with Gasteiger partial charge in [0.15, 0.2) is 0 Å². The first kappa shape index (κ1) is 26.7. The van der Waals surface area contributed by atoms with E-state index in [1.807, 2.05) is 66.4 Å². The number of carbonyl (C=O) groups excluding carboxylic acids is 2. The van der Waals surface area contributed by atoms with Gasteiger partial charge in [0, 0.05) is 24.7 Å². The Hall–Kier alpha value is -4.33. The van der Waals surface area contributed by atoms with Crippen LogP contribution in [-0.4, -0.2) is 41.1 Å². The molecular formula is C30H33N3O5. The van der Waals surface area contributed by atoms with Gasteiger partial charge in [-0.25, -0.2) is 4.79 Å². The van der Waals surface area contributed by atoms with E-state index in [0.717, 1.165) is 40.8 Å². The molecule has 0 saturated heterocycles. The summed E-state index contributed by atoms with van der Waals surface area (Å²) < 4.78 is 5.50. The maximum absolute atomic E-state index is 13.3. The largest absolute Gasteiger partial charge is 0.495 e. The van der Waals surface area contributed by atoms with E-state index in [1.54, 1.807) is 12.1 Å². The summed E-state index contributed by atoms with van der Waals surface area (Å²) in [6, 6.07) is 20.5. The standard InChI is InChI=1S/C30H33N3O5/c1-20-5-3-4-6-25(20)31-30(37)32-26-15-11-23(17-27(26)38-2)18-28(34)33(24-13-14-24)19-22-9-7-21(8-10-22)12-16-29(35)36/h3-11,15,17,24H,12-14,16,18-19H2,1-2H3,(H,35,36)(H2,31,32,37). The van der Waals surface area contributed by atoms with Gasteiger partial charge in [0.05, 0.1) is 19.2 Å². The molecule has 1 aliphatic carbocycles. The van der Waals surface area contributed by atoms with Crippen molar-refractivity contribution in [2.24, 2.45) is 0 Å². The molecule has 1 fully saturated rings. The van der Waals surface area contributed by atoms with Gasteiger partial charge >= 0.3 is 12.0 Å². The average molecular weight is 516 g/mol. The molecule has 0 heterocycles. The lowest BCUT2D eigenvalue weighted by molar-refractivity contribution is -0.137. The highest BCUT2D eigenvalue weighted by atomic mass is 16.5. The van der Waals surface area contributed by atoms with Crippen LogP contribution in [0.3, 0.4) is 0 Å². The molecule has 0 aliphatic heterocycles. The monoisotopic (exact) mass is 515 g/mol. The van der Waals surface area contributed by atoms with Crippen LogP contribution in [0.2, 0.25) is 0 Å². The van der Waals surface area contributed by atoms with Gasteiger partial charge in [-0.3, -0.25) is 9.59 Å². The molecule has 1 aliphatic rings. The molecule has 4 rings (SSSR count). The Kier molecular flexibility index (Phi) is 8.63. The number of para-hydroxylation sites is 1. The second-order valence-electron chi connectivity index (χ2n) is 9.57. The normalized spacial score (nSPS) is 12.5. The Morgan fingerprint density at radius 2 is 1.58 bits per heavy atom. The first-order valence-electron chi connectivity index (χ1n) is 12.7. The van der Waals surface area contributed by atoms with Crippen LogP contribution in [0, 0.1) is 6.92 Å². The minimum Gasteiger partial charge on any atom is -0.495 e. The Bertz CT molecular complexity index is 1300. The number of nitrogens with one attached hydrogen (secondary N) is 2. The highest BCUT2D eigenvalue weighted by molar-refractivity contribution is 6.01. The minimum atomic E-state index is -0.814. The molecule has 0 radical (unpaired) electrons. The number of hydrogen-bond acceptors (Lipinski definition) is 4. The summed E-state index contributed by atoms with van der Waals surface area (Å²) in [6.45, 7) is 2.43. The molecule has 198 valence electrons. The number of anilines is 2. The van der Waals surface area contributed by atoms with Crippen molar-refractivity contribution in [1.29, 1.82) is 0 Å². The van der Waals surface area contributed by atoms with Crippen molar-refractivity contribution in [3.8, 4) is 5.75 Å². The fourth-order valence-corrected chi connectivity index (χ4v) is 4.28. The lowest BCUT2D eigenvalue weighted by atomic mass is 10.1. The van der Waals surface area contributed by atoms with Gasteiger partial charge in [-0.2, -0.15) is 0 Å². The van der Waals surface area contributed by atoms with E-state index < -0.39 is 5.97 Å². The van der Waals surface area contributed by atoms with Gasteiger partial charge in [0.2, 0.25) is 5.91 Å². The number of hydrogen-bond donors (Lipinski definition) is 3.